The number of carboxylic acid groups (broad SMARTS) is 1. The molecule has 2 N–H and O–H groups in total. The molecule has 0 aromatic heterocycles. The maximum Gasteiger partial charge on any atom is 0.404 e. The van der Waals surface area contributed by atoms with Crippen LogP contribution in [0.25, 0.3) is 0 Å². The zero-order valence-electron chi connectivity index (χ0n) is 5.39. The fourth-order valence-corrected chi connectivity index (χ4v) is 0.374. The molecule has 0 aliphatic heterocycles. The largest absolute Gasteiger partial charge is 0.465 e. The molecule has 9 heavy (non-hydrogen) atoms. The Morgan fingerprint density at radius 3 is 2.89 bits per heavy atom. The third-order valence-corrected chi connectivity index (χ3v) is 0.727. The lowest BCUT2D eigenvalue weighted by Gasteiger charge is -1.99. The quantitative estimate of drug-likeness (QED) is 0.542. The topological polar surface area (TPSA) is 58.6 Å². The summed E-state index contributed by atoms with van der Waals surface area (Å²) in [6.07, 6.45) is -1.00. The highest BCUT2D eigenvalue weighted by atomic mass is 16.5. The fraction of sp³-hybridized carbons (Fsp3) is 0.800. The average molecular weight is 133 g/mol. The molecule has 0 aromatic rings. The van der Waals surface area contributed by atoms with Crippen LogP contribution in [0.3, 0.4) is 0 Å². The Kier molecular flexibility index (Phi) is 4.91. The summed E-state index contributed by atoms with van der Waals surface area (Å²) in [5.74, 6) is 0. The van der Waals surface area contributed by atoms with Crippen molar-refractivity contribution in [3.8, 4) is 0 Å². The lowest BCUT2D eigenvalue weighted by molar-refractivity contribution is 0.144. The highest BCUT2D eigenvalue weighted by molar-refractivity contribution is 5.64. The number of rotatable bonds is 4. The zero-order chi connectivity index (χ0) is 7.11. The van der Waals surface area contributed by atoms with Crippen molar-refractivity contribution < 1.29 is 14.6 Å². The number of amides is 1. The van der Waals surface area contributed by atoms with E-state index in [1.54, 1.807) is 0 Å². The smallest absolute Gasteiger partial charge is 0.404 e. The van der Waals surface area contributed by atoms with Crippen molar-refractivity contribution in [1.82, 2.24) is 5.32 Å². The molecule has 0 fully saturated rings. The van der Waals surface area contributed by atoms with Gasteiger partial charge in [-0.2, -0.15) is 0 Å². The van der Waals surface area contributed by atoms with E-state index in [9.17, 15) is 4.79 Å². The van der Waals surface area contributed by atoms with Crippen molar-refractivity contribution in [2.45, 2.75) is 6.92 Å². The predicted molar refractivity (Wildman–Crippen MR) is 32.5 cm³/mol. The van der Waals surface area contributed by atoms with Crippen LogP contribution in [0, 0.1) is 0 Å². The van der Waals surface area contributed by atoms with Crippen LogP contribution in [0.15, 0.2) is 0 Å². The van der Waals surface area contributed by atoms with Gasteiger partial charge in [0.05, 0.1) is 6.61 Å². The first kappa shape index (κ1) is 8.23. The third kappa shape index (κ3) is 7.23. The van der Waals surface area contributed by atoms with Gasteiger partial charge in [0.25, 0.3) is 0 Å². The Morgan fingerprint density at radius 1 is 1.78 bits per heavy atom. The van der Waals surface area contributed by atoms with Gasteiger partial charge in [0.1, 0.15) is 0 Å². The van der Waals surface area contributed by atoms with Crippen LogP contribution in [-0.2, 0) is 4.74 Å². The minimum atomic E-state index is -1.00. The number of hydrogen-bond donors (Lipinski definition) is 2. The Bertz CT molecular complexity index is 84.3. The number of nitrogens with one attached hydrogen (secondary N) is 1. The monoisotopic (exact) mass is 133 g/mol. The average Bonchev–Trinajstić information content (AvgIpc) is 1.80. The van der Waals surface area contributed by atoms with Gasteiger partial charge in [0.2, 0.25) is 0 Å². The van der Waals surface area contributed by atoms with Crippen molar-refractivity contribution in [1.29, 1.82) is 0 Å². The third-order valence-electron chi connectivity index (χ3n) is 0.727. The highest BCUT2D eigenvalue weighted by Crippen LogP contribution is 1.69. The zero-order valence-corrected chi connectivity index (χ0v) is 5.39. The van der Waals surface area contributed by atoms with Crippen LogP contribution in [0.1, 0.15) is 6.92 Å². The summed E-state index contributed by atoms with van der Waals surface area (Å²) in [6, 6.07) is 0. The van der Waals surface area contributed by atoms with Crippen LogP contribution in [0.4, 0.5) is 4.79 Å². The molecule has 4 nitrogen and oxygen atoms in total. The van der Waals surface area contributed by atoms with Crippen molar-refractivity contribution in [2.24, 2.45) is 0 Å². The second-order valence-electron chi connectivity index (χ2n) is 1.43. The lowest BCUT2D eigenvalue weighted by atomic mass is 10.7. The van der Waals surface area contributed by atoms with E-state index in [2.05, 4.69) is 5.32 Å². The van der Waals surface area contributed by atoms with E-state index in [4.69, 9.17) is 9.84 Å². The summed E-state index contributed by atoms with van der Waals surface area (Å²) in [6.45, 7) is 3.30. The van der Waals surface area contributed by atoms with Crippen LogP contribution in [0.5, 0.6) is 0 Å². The van der Waals surface area contributed by atoms with Crippen molar-refractivity contribution >= 4 is 6.09 Å². The van der Waals surface area contributed by atoms with Crippen LogP contribution < -0.4 is 5.32 Å². The van der Waals surface area contributed by atoms with E-state index in [0.29, 0.717) is 19.8 Å². The van der Waals surface area contributed by atoms with E-state index in [-0.39, 0.29) is 0 Å². The van der Waals surface area contributed by atoms with E-state index in [1.165, 1.54) is 0 Å². The van der Waals surface area contributed by atoms with Crippen molar-refractivity contribution in [2.75, 3.05) is 19.8 Å². The maximum absolute atomic E-state index is 9.80. The SMILES string of the molecule is CCOCCNC(=O)O. The molecule has 0 aliphatic rings. The first-order chi connectivity index (χ1) is 4.27. The number of carbonyl (C=O) groups is 1. The first-order valence-electron chi connectivity index (χ1n) is 2.82. The van der Waals surface area contributed by atoms with E-state index in [0.717, 1.165) is 0 Å². The molecule has 0 bridgehead atoms. The summed E-state index contributed by atoms with van der Waals surface area (Å²) in [7, 11) is 0. The molecule has 0 radical (unpaired) electrons. The molecule has 0 unspecified atom stereocenters. The van der Waals surface area contributed by atoms with Gasteiger partial charge in [0.15, 0.2) is 0 Å². The molecule has 54 valence electrons. The van der Waals surface area contributed by atoms with Crippen LogP contribution in [-0.4, -0.2) is 31.0 Å². The lowest BCUT2D eigenvalue weighted by Crippen LogP contribution is -2.25. The van der Waals surface area contributed by atoms with Gasteiger partial charge in [-0.25, -0.2) is 4.79 Å². The summed E-state index contributed by atoms with van der Waals surface area (Å²) in [5, 5.41) is 10.2. The summed E-state index contributed by atoms with van der Waals surface area (Å²) in [4.78, 5) is 9.80. The summed E-state index contributed by atoms with van der Waals surface area (Å²) in [5.41, 5.74) is 0. The van der Waals surface area contributed by atoms with Crippen molar-refractivity contribution in [3.63, 3.8) is 0 Å². The minimum absolute atomic E-state index is 0.364. The van der Waals surface area contributed by atoms with Crippen molar-refractivity contribution in [3.05, 3.63) is 0 Å². The second-order valence-corrected chi connectivity index (χ2v) is 1.43. The number of ether oxygens (including phenoxy) is 1. The molecule has 4 heteroatoms. The number of hydrogen-bond acceptors (Lipinski definition) is 2. The van der Waals surface area contributed by atoms with Gasteiger partial charge in [-0.15, -0.1) is 0 Å². The molecule has 1 amide bonds. The molecule has 0 aromatic carbocycles. The first-order valence-corrected chi connectivity index (χ1v) is 2.82. The Balaban J connectivity index is 2.83. The van der Waals surface area contributed by atoms with Gasteiger partial charge in [-0.05, 0) is 6.92 Å². The maximum atomic E-state index is 9.80. The van der Waals surface area contributed by atoms with Gasteiger partial charge in [0, 0.05) is 13.2 Å². The predicted octanol–water partition coefficient (Wildman–Crippen LogP) is 0.290. The molecule has 0 aliphatic carbocycles. The van der Waals surface area contributed by atoms with Gasteiger partial charge >= 0.3 is 6.09 Å². The molecule has 0 atom stereocenters. The van der Waals surface area contributed by atoms with Crippen LogP contribution in [0.2, 0.25) is 0 Å². The highest BCUT2D eigenvalue weighted by Gasteiger charge is 1.90. The standard InChI is InChI=1S/C5H11NO3/c1-2-9-4-3-6-5(7)8/h6H,2-4H2,1H3,(H,7,8). The Hall–Kier alpha value is -0.770. The van der Waals surface area contributed by atoms with E-state index < -0.39 is 6.09 Å². The van der Waals surface area contributed by atoms with Gasteiger partial charge < -0.3 is 15.2 Å². The van der Waals surface area contributed by atoms with E-state index in [1.807, 2.05) is 6.92 Å². The minimum Gasteiger partial charge on any atom is -0.465 e. The summed E-state index contributed by atoms with van der Waals surface area (Å²) >= 11 is 0. The molecular formula is C5H11NO3. The molecule has 0 spiro atoms. The molecule has 0 heterocycles. The second kappa shape index (κ2) is 5.37. The molecular weight excluding hydrogens is 122 g/mol. The fourth-order valence-electron chi connectivity index (χ4n) is 0.374. The normalized spacial score (nSPS) is 9.00. The Labute approximate surface area is 53.8 Å². The van der Waals surface area contributed by atoms with Gasteiger partial charge in [-0.1, -0.05) is 0 Å². The van der Waals surface area contributed by atoms with E-state index >= 15 is 0 Å². The Morgan fingerprint density at radius 2 is 2.44 bits per heavy atom. The molecule has 0 rings (SSSR count). The molecule has 0 saturated carbocycles. The summed E-state index contributed by atoms with van der Waals surface area (Å²) < 4.78 is 4.86. The molecule has 0 saturated heterocycles. The van der Waals surface area contributed by atoms with Gasteiger partial charge in [-0.3, -0.25) is 0 Å². The van der Waals surface area contributed by atoms with Crippen LogP contribution >= 0.6 is 0 Å².